The molecule has 2 atom stereocenters. The Hall–Kier alpha value is -1.79. The van der Waals surface area contributed by atoms with Gasteiger partial charge in [0, 0.05) is 16.9 Å². The molecule has 0 bridgehead atoms. The number of hydrogen-bond donors (Lipinski definition) is 2. The Balaban J connectivity index is 1.72. The monoisotopic (exact) mass is 333 g/mol. The maximum Gasteiger partial charge on any atom is 0.229 e. The van der Waals surface area contributed by atoms with Crippen molar-refractivity contribution in [1.82, 2.24) is 4.98 Å². The summed E-state index contributed by atoms with van der Waals surface area (Å²) >= 11 is 1.38. The largest absolute Gasteiger partial charge is 0.330 e. The van der Waals surface area contributed by atoms with Gasteiger partial charge >= 0.3 is 0 Å². The molecule has 3 rings (SSSR count). The maximum atomic E-state index is 13.3. The second-order valence-corrected chi connectivity index (χ2v) is 6.88. The zero-order valence-electron chi connectivity index (χ0n) is 13.0. The SMILES string of the molecule is Cc1cc(-c2csc(NC(=O)[C@@H]3CCC[C@@H]3CN)n2)ccc1F. The Morgan fingerprint density at radius 3 is 3.04 bits per heavy atom. The van der Waals surface area contributed by atoms with E-state index in [-0.39, 0.29) is 23.6 Å². The van der Waals surface area contributed by atoms with E-state index < -0.39 is 0 Å². The van der Waals surface area contributed by atoms with Gasteiger partial charge in [-0.05, 0) is 56.0 Å². The molecule has 3 N–H and O–H groups in total. The van der Waals surface area contributed by atoms with Crippen LogP contribution in [0.5, 0.6) is 0 Å². The lowest BCUT2D eigenvalue weighted by atomic mass is 9.95. The number of anilines is 1. The summed E-state index contributed by atoms with van der Waals surface area (Å²) in [4.78, 5) is 16.8. The molecular formula is C17H20FN3OS. The smallest absolute Gasteiger partial charge is 0.229 e. The van der Waals surface area contributed by atoms with Crippen molar-refractivity contribution in [3.63, 3.8) is 0 Å². The summed E-state index contributed by atoms with van der Waals surface area (Å²) in [6.45, 7) is 2.27. The minimum Gasteiger partial charge on any atom is -0.330 e. The number of rotatable bonds is 4. The first-order chi connectivity index (χ1) is 11.1. The van der Waals surface area contributed by atoms with E-state index in [1.54, 1.807) is 19.1 Å². The molecule has 23 heavy (non-hydrogen) atoms. The molecule has 1 aliphatic carbocycles. The number of carbonyl (C=O) groups is 1. The number of halogens is 1. The molecule has 1 aliphatic rings. The first-order valence-electron chi connectivity index (χ1n) is 7.81. The van der Waals surface area contributed by atoms with E-state index in [1.807, 2.05) is 5.38 Å². The van der Waals surface area contributed by atoms with Crippen LogP contribution in [0.25, 0.3) is 11.3 Å². The summed E-state index contributed by atoms with van der Waals surface area (Å²) in [7, 11) is 0. The highest BCUT2D eigenvalue weighted by Gasteiger charge is 2.32. The van der Waals surface area contributed by atoms with Gasteiger partial charge in [0.15, 0.2) is 5.13 Å². The van der Waals surface area contributed by atoms with Gasteiger partial charge in [0.05, 0.1) is 5.69 Å². The van der Waals surface area contributed by atoms with E-state index in [0.29, 0.717) is 17.2 Å². The van der Waals surface area contributed by atoms with Gasteiger partial charge in [-0.1, -0.05) is 6.42 Å². The Morgan fingerprint density at radius 2 is 2.30 bits per heavy atom. The molecular weight excluding hydrogens is 313 g/mol. The van der Waals surface area contributed by atoms with Crippen molar-refractivity contribution >= 4 is 22.4 Å². The fraction of sp³-hybridized carbons (Fsp3) is 0.412. The summed E-state index contributed by atoms with van der Waals surface area (Å²) in [5.74, 6) is 0.0373. The highest BCUT2D eigenvalue weighted by atomic mass is 32.1. The predicted molar refractivity (Wildman–Crippen MR) is 90.8 cm³/mol. The lowest BCUT2D eigenvalue weighted by molar-refractivity contribution is -0.120. The van der Waals surface area contributed by atoms with Gasteiger partial charge in [0.2, 0.25) is 5.91 Å². The molecule has 1 aromatic heterocycles. The molecule has 1 amide bonds. The van der Waals surface area contributed by atoms with Crippen molar-refractivity contribution in [3.8, 4) is 11.3 Å². The third-order valence-electron chi connectivity index (χ3n) is 4.49. The third kappa shape index (κ3) is 3.43. The minimum atomic E-state index is -0.230. The van der Waals surface area contributed by atoms with Crippen molar-refractivity contribution in [1.29, 1.82) is 0 Å². The zero-order valence-corrected chi connectivity index (χ0v) is 13.8. The lowest BCUT2D eigenvalue weighted by Crippen LogP contribution is -2.29. The number of aromatic nitrogens is 1. The number of nitrogens with two attached hydrogens (primary N) is 1. The van der Waals surface area contributed by atoms with Gasteiger partial charge in [-0.25, -0.2) is 9.37 Å². The maximum absolute atomic E-state index is 13.3. The van der Waals surface area contributed by atoms with Crippen molar-refractivity contribution in [2.45, 2.75) is 26.2 Å². The third-order valence-corrected chi connectivity index (χ3v) is 5.24. The van der Waals surface area contributed by atoms with Gasteiger partial charge in [-0.2, -0.15) is 0 Å². The molecule has 1 aromatic carbocycles. The molecule has 0 aliphatic heterocycles. The van der Waals surface area contributed by atoms with Gasteiger partial charge in [-0.3, -0.25) is 4.79 Å². The fourth-order valence-electron chi connectivity index (χ4n) is 3.13. The number of hydrogen-bond acceptors (Lipinski definition) is 4. The molecule has 0 saturated heterocycles. The van der Waals surface area contributed by atoms with E-state index in [9.17, 15) is 9.18 Å². The van der Waals surface area contributed by atoms with Crippen LogP contribution in [-0.4, -0.2) is 17.4 Å². The average Bonchev–Trinajstić information content (AvgIpc) is 3.18. The number of benzene rings is 1. The second-order valence-electron chi connectivity index (χ2n) is 6.02. The standard InChI is InChI=1S/C17H20FN3OS/c1-10-7-11(5-6-14(10)18)15-9-23-17(20-15)21-16(22)13-4-2-3-12(13)8-19/h5-7,9,12-13H,2-4,8,19H2,1H3,(H,20,21,22)/t12-,13-/m1/s1. The summed E-state index contributed by atoms with van der Waals surface area (Å²) in [6.07, 6.45) is 2.97. The van der Waals surface area contributed by atoms with E-state index in [0.717, 1.165) is 30.5 Å². The van der Waals surface area contributed by atoms with Crippen molar-refractivity contribution in [2.24, 2.45) is 17.6 Å². The summed E-state index contributed by atoms with van der Waals surface area (Å²) < 4.78 is 13.3. The van der Waals surface area contributed by atoms with Gasteiger partial charge in [0.25, 0.3) is 0 Å². The number of nitrogens with one attached hydrogen (secondary N) is 1. The first kappa shape index (κ1) is 16.1. The Labute approximate surface area is 138 Å². The minimum absolute atomic E-state index is 0.00846. The topological polar surface area (TPSA) is 68.0 Å². The van der Waals surface area contributed by atoms with Crippen molar-refractivity contribution in [3.05, 3.63) is 35.0 Å². The molecule has 0 spiro atoms. The van der Waals surface area contributed by atoms with E-state index in [2.05, 4.69) is 10.3 Å². The van der Waals surface area contributed by atoms with E-state index >= 15 is 0 Å². The normalized spacial score (nSPS) is 20.7. The molecule has 4 nitrogen and oxygen atoms in total. The molecule has 6 heteroatoms. The highest BCUT2D eigenvalue weighted by Crippen LogP contribution is 2.33. The van der Waals surface area contributed by atoms with E-state index in [4.69, 9.17) is 5.73 Å². The van der Waals surface area contributed by atoms with Crippen LogP contribution in [0.1, 0.15) is 24.8 Å². The van der Waals surface area contributed by atoms with Crippen LogP contribution in [0.2, 0.25) is 0 Å². The Morgan fingerprint density at radius 1 is 1.48 bits per heavy atom. The average molecular weight is 333 g/mol. The van der Waals surface area contributed by atoms with Crippen molar-refractivity contribution in [2.75, 3.05) is 11.9 Å². The predicted octanol–water partition coefficient (Wildman–Crippen LogP) is 3.57. The van der Waals surface area contributed by atoms with Crippen LogP contribution in [-0.2, 0) is 4.79 Å². The molecule has 0 radical (unpaired) electrons. The van der Waals surface area contributed by atoms with Crippen molar-refractivity contribution < 1.29 is 9.18 Å². The van der Waals surface area contributed by atoms with E-state index in [1.165, 1.54) is 17.4 Å². The quantitative estimate of drug-likeness (QED) is 0.899. The Kier molecular flexibility index (Phi) is 4.73. The second kappa shape index (κ2) is 6.76. The molecule has 1 fully saturated rings. The molecule has 0 unspecified atom stereocenters. The fourth-order valence-corrected chi connectivity index (χ4v) is 3.85. The van der Waals surface area contributed by atoms with Gasteiger partial charge in [0.1, 0.15) is 5.82 Å². The number of nitrogens with zero attached hydrogens (tertiary/aromatic N) is 1. The Bertz CT molecular complexity index is 716. The molecule has 2 aromatic rings. The summed E-state index contributed by atoms with van der Waals surface area (Å²) in [5.41, 5.74) is 7.91. The van der Waals surface area contributed by atoms with Crippen LogP contribution < -0.4 is 11.1 Å². The highest BCUT2D eigenvalue weighted by molar-refractivity contribution is 7.14. The van der Waals surface area contributed by atoms with Crippen LogP contribution in [0, 0.1) is 24.6 Å². The number of carbonyl (C=O) groups excluding carboxylic acids is 1. The molecule has 122 valence electrons. The number of amides is 1. The summed E-state index contributed by atoms with van der Waals surface area (Å²) in [5, 5.41) is 5.35. The van der Waals surface area contributed by atoms with Crippen LogP contribution in [0.4, 0.5) is 9.52 Å². The van der Waals surface area contributed by atoms with Gasteiger partial charge in [-0.15, -0.1) is 11.3 Å². The first-order valence-corrected chi connectivity index (χ1v) is 8.69. The van der Waals surface area contributed by atoms with Crippen LogP contribution in [0.15, 0.2) is 23.6 Å². The molecule has 1 saturated carbocycles. The summed E-state index contributed by atoms with van der Waals surface area (Å²) in [6, 6.07) is 4.90. The van der Waals surface area contributed by atoms with Crippen LogP contribution >= 0.6 is 11.3 Å². The number of aryl methyl sites for hydroxylation is 1. The lowest BCUT2D eigenvalue weighted by Gasteiger charge is -2.16. The molecule has 1 heterocycles. The van der Waals surface area contributed by atoms with Gasteiger partial charge < -0.3 is 11.1 Å². The number of thiazole rings is 1. The van der Waals surface area contributed by atoms with Crippen LogP contribution in [0.3, 0.4) is 0 Å². The zero-order chi connectivity index (χ0) is 16.4.